The zero-order valence-electron chi connectivity index (χ0n) is 10.4. The predicted octanol–water partition coefficient (Wildman–Crippen LogP) is 2.45. The standard InChI is InChI=1S/C12H15ClINO3/c1-12(2,17)6-15-11(16)7-4-8(13)9(14)5-10(7)18-3/h4-5,17H,6H2,1-3H3,(H,15,16). The van der Waals surface area contributed by atoms with Crippen molar-refractivity contribution in [3.8, 4) is 5.75 Å². The van der Waals surface area contributed by atoms with E-state index < -0.39 is 5.60 Å². The van der Waals surface area contributed by atoms with Crippen LogP contribution in [0.1, 0.15) is 24.2 Å². The van der Waals surface area contributed by atoms with E-state index in [1.54, 1.807) is 26.0 Å². The van der Waals surface area contributed by atoms with Gasteiger partial charge in [-0.3, -0.25) is 4.79 Å². The van der Waals surface area contributed by atoms with Crippen molar-refractivity contribution in [1.29, 1.82) is 0 Å². The summed E-state index contributed by atoms with van der Waals surface area (Å²) >= 11 is 8.05. The van der Waals surface area contributed by atoms with Crippen LogP contribution in [0.5, 0.6) is 5.75 Å². The number of carbonyl (C=O) groups excluding carboxylic acids is 1. The monoisotopic (exact) mass is 383 g/mol. The third-order valence-electron chi connectivity index (χ3n) is 2.17. The molecule has 0 unspecified atom stereocenters. The van der Waals surface area contributed by atoms with E-state index in [4.69, 9.17) is 16.3 Å². The first-order valence-corrected chi connectivity index (χ1v) is 6.74. The number of rotatable bonds is 4. The molecule has 0 aliphatic carbocycles. The van der Waals surface area contributed by atoms with Crippen molar-refractivity contribution in [2.24, 2.45) is 0 Å². The molecule has 1 amide bonds. The minimum atomic E-state index is -0.962. The van der Waals surface area contributed by atoms with Gasteiger partial charge in [0.15, 0.2) is 0 Å². The second-order valence-corrected chi connectivity index (χ2v) is 6.03. The second kappa shape index (κ2) is 6.08. The molecule has 6 heteroatoms. The summed E-state index contributed by atoms with van der Waals surface area (Å²) in [7, 11) is 1.49. The Bertz CT molecular complexity index is 457. The number of methoxy groups -OCH3 is 1. The van der Waals surface area contributed by atoms with Crippen LogP contribution in [0.25, 0.3) is 0 Å². The highest BCUT2D eigenvalue weighted by Gasteiger charge is 2.18. The van der Waals surface area contributed by atoms with E-state index in [1.165, 1.54) is 7.11 Å². The molecule has 1 aromatic carbocycles. The lowest BCUT2D eigenvalue weighted by Gasteiger charge is -2.18. The summed E-state index contributed by atoms with van der Waals surface area (Å²) in [5.41, 5.74) is -0.609. The summed E-state index contributed by atoms with van der Waals surface area (Å²) in [5, 5.41) is 12.7. The molecular weight excluding hydrogens is 368 g/mol. The number of nitrogens with one attached hydrogen (secondary N) is 1. The molecule has 4 nitrogen and oxygen atoms in total. The molecule has 0 aliphatic heterocycles. The van der Waals surface area contributed by atoms with Crippen molar-refractivity contribution < 1.29 is 14.6 Å². The Kier molecular flexibility index (Phi) is 5.24. The Hall–Kier alpha value is -0.530. The summed E-state index contributed by atoms with van der Waals surface area (Å²) in [4.78, 5) is 12.0. The van der Waals surface area contributed by atoms with E-state index in [9.17, 15) is 9.90 Å². The predicted molar refractivity (Wildman–Crippen MR) is 79.4 cm³/mol. The lowest BCUT2D eigenvalue weighted by molar-refractivity contribution is 0.0693. The maximum absolute atomic E-state index is 12.0. The van der Waals surface area contributed by atoms with Crippen LogP contribution in [-0.4, -0.2) is 30.3 Å². The zero-order chi connectivity index (χ0) is 13.9. The molecule has 0 radical (unpaired) electrons. The van der Waals surface area contributed by atoms with Gasteiger partial charge in [0.2, 0.25) is 0 Å². The number of aliphatic hydroxyl groups is 1. The van der Waals surface area contributed by atoms with Crippen LogP contribution in [0.2, 0.25) is 5.02 Å². The molecule has 0 aromatic heterocycles. The van der Waals surface area contributed by atoms with Gasteiger partial charge < -0.3 is 15.2 Å². The Morgan fingerprint density at radius 2 is 2.17 bits per heavy atom. The number of benzene rings is 1. The van der Waals surface area contributed by atoms with Crippen LogP contribution in [0.4, 0.5) is 0 Å². The van der Waals surface area contributed by atoms with Crippen LogP contribution in [0.3, 0.4) is 0 Å². The first-order chi connectivity index (χ1) is 8.24. The Balaban J connectivity index is 2.95. The number of ether oxygens (including phenoxy) is 1. The molecule has 2 N–H and O–H groups in total. The molecular formula is C12H15ClINO3. The summed E-state index contributed by atoms with van der Waals surface area (Å²) in [6.45, 7) is 3.38. The molecule has 1 aromatic rings. The fourth-order valence-corrected chi connectivity index (χ4v) is 1.87. The van der Waals surface area contributed by atoms with Crippen LogP contribution in [0, 0.1) is 3.57 Å². The Morgan fingerprint density at radius 3 is 2.67 bits per heavy atom. The molecule has 1 rings (SSSR count). The number of halogens is 2. The minimum absolute atomic E-state index is 0.151. The first kappa shape index (κ1) is 15.5. The molecule has 0 saturated heterocycles. The van der Waals surface area contributed by atoms with Crippen molar-refractivity contribution in [3.05, 3.63) is 26.3 Å². The highest BCUT2D eigenvalue weighted by Crippen LogP contribution is 2.28. The SMILES string of the molecule is COc1cc(I)c(Cl)cc1C(=O)NCC(C)(C)O. The van der Waals surface area contributed by atoms with E-state index in [0.717, 1.165) is 3.57 Å². The maximum atomic E-state index is 12.0. The maximum Gasteiger partial charge on any atom is 0.255 e. The third-order valence-corrected chi connectivity index (χ3v) is 3.69. The Morgan fingerprint density at radius 1 is 1.56 bits per heavy atom. The first-order valence-electron chi connectivity index (χ1n) is 5.28. The second-order valence-electron chi connectivity index (χ2n) is 4.46. The van der Waals surface area contributed by atoms with Crippen LogP contribution in [0.15, 0.2) is 12.1 Å². The number of hydrogen-bond acceptors (Lipinski definition) is 3. The van der Waals surface area contributed by atoms with Gasteiger partial charge in [-0.1, -0.05) is 11.6 Å². The quantitative estimate of drug-likeness (QED) is 0.785. The van der Waals surface area contributed by atoms with E-state index in [0.29, 0.717) is 16.3 Å². The number of amides is 1. The van der Waals surface area contributed by atoms with Crippen LogP contribution in [-0.2, 0) is 0 Å². The van der Waals surface area contributed by atoms with E-state index in [-0.39, 0.29) is 12.5 Å². The van der Waals surface area contributed by atoms with Crippen molar-refractivity contribution in [1.82, 2.24) is 5.32 Å². The van der Waals surface area contributed by atoms with Gasteiger partial charge in [-0.05, 0) is 48.6 Å². The van der Waals surface area contributed by atoms with E-state index in [1.807, 2.05) is 0 Å². The normalized spacial score (nSPS) is 11.2. The lowest BCUT2D eigenvalue weighted by atomic mass is 10.1. The highest BCUT2D eigenvalue weighted by atomic mass is 127. The highest BCUT2D eigenvalue weighted by molar-refractivity contribution is 14.1. The summed E-state index contributed by atoms with van der Waals surface area (Å²) in [5.74, 6) is 0.129. The van der Waals surface area contributed by atoms with Crippen molar-refractivity contribution in [2.75, 3.05) is 13.7 Å². The van der Waals surface area contributed by atoms with Gasteiger partial charge in [-0.2, -0.15) is 0 Å². The van der Waals surface area contributed by atoms with Gasteiger partial charge in [-0.15, -0.1) is 0 Å². The van der Waals surface area contributed by atoms with Gasteiger partial charge in [0, 0.05) is 10.1 Å². The smallest absolute Gasteiger partial charge is 0.255 e. The van der Waals surface area contributed by atoms with Crippen LogP contribution >= 0.6 is 34.2 Å². The van der Waals surface area contributed by atoms with Gasteiger partial charge in [0.25, 0.3) is 5.91 Å². The lowest BCUT2D eigenvalue weighted by Crippen LogP contribution is -2.38. The molecule has 0 saturated carbocycles. The molecule has 0 heterocycles. The van der Waals surface area contributed by atoms with Gasteiger partial charge in [0.1, 0.15) is 5.75 Å². The zero-order valence-corrected chi connectivity index (χ0v) is 13.3. The van der Waals surface area contributed by atoms with Gasteiger partial charge in [-0.25, -0.2) is 0 Å². The molecule has 0 aliphatic rings. The molecule has 18 heavy (non-hydrogen) atoms. The Labute approximate surface area is 125 Å². The third kappa shape index (κ3) is 4.29. The van der Waals surface area contributed by atoms with Gasteiger partial charge >= 0.3 is 0 Å². The molecule has 0 fully saturated rings. The minimum Gasteiger partial charge on any atom is -0.496 e. The fraction of sp³-hybridized carbons (Fsp3) is 0.417. The molecule has 0 bridgehead atoms. The van der Waals surface area contributed by atoms with Crippen molar-refractivity contribution >= 4 is 40.1 Å². The van der Waals surface area contributed by atoms with Crippen molar-refractivity contribution in [3.63, 3.8) is 0 Å². The molecule has 100 valence electrons. The largest absolute Gasteiger partial charge is 0.496 e. The molecule has 0 spiro atoms. The summed E-state index contributed by atoms with van der Waals surface area (Å²) in [6.07, 6.45) is 0. The van der Waals surface area contributed by atoms with Crippen LogP contribution < -0.4 is 10.1 Å². The topological polar surface area (TPSA) is 58.6 Å². The number of hydrogen-bond donors (Lipinski definition) is 2. The number of carbonyl (C=O) groups is 1. The fourth-order valence-electron chi connectivity index (χ4n) is 1.27. The van der Waals surface area contributed by atoms with E-state index >= 15 is 0 Å². The average molecular weight is 384 g/mol. The van der Waals surface area contributed by atoms with Gasteiger partial charge in [0.05, 0.1) is 23.3 Å². The summed E-state index contributed by atoms with van der Waals surface area (Å²) < 4.78 is 5.96. The molecule has 0 atom stereocenters. The van der Waals surface area contributed by atoms with Crippen molar-refractivity contribution in [2.45, 2.75) is 19.4 Å². The summed E-state index contributed by atoms with van der Waals surface area (Å²) in [6, 6.07) is 3.25. The average Bonchev–Trinajstić information content (AvgIpc) is 2.28. The van der Waals surface area contributed by atoms with E-state index in [2.05, 4.69) is 27.9 Å².